The number of rotatable bonds is 6. The Morgan fingerprint density at radius 3 is 2.67 bits per heavy atom. The van der Waals surface area contributed by atoms with Crippen molar-refractivity contribution in [3.05, 3.63) is 0 Å². The molecule has 0 aliphatic carbocycles. The molecule has 21 heavy (non-hydrogen) atoms. The van der Waals surface area contributed by atoms with E-state index in [-0.39, 0.29) is 6.04 Å². The maximum Gasteiger partial charge on any atom is 0.282 e. The van der Waals surface area contributed by atoms with Crippen molar-refractivity contribution in [1.29, 1.82) is 0 Å². The summed E-state index contributed by atoms with van der Waals surface area (Å²) < 4.78 is 29.2. The Kier molecular flexibility index (Phi) is 6.47. The lowest BCUT2D eigenvalue weighted by molar-refractivity contribution is 0.212. The first kappa shape index (κ1) is 17.2. The Morgan fingerprint density at radius 1 is 1.14 bits per heavy atom. The molecule has 0 aromatic rings. The van der Waals surface area contributed by atoms with Gasteiger partial charge in [-0.2, -0.15) is 17.0 Å². The molecule has 0 radical (unpaired) electrons. The number of nitrogens with zero attached hydrogens (tertiary/aromatic N) is 2. The normalized spacial score (nSPS) is 29.6. The Labute approximate surface area is 130 Å². The second-order valence-corrected chi connectivity index (χ2v) is 8.41. The van der Waals surface area contributed by atoms with Gasteiger partial charge in [0.15, 0.2) is 0 Å². The van der Waals surface area contributed by atoms with Crippen molar-refractivity contribution in [2.75, 3.05) is 32.7 Å². The number of piperidine rings is 2. The summed E-state index contributed by atoms with van der Waals surface area (Å²) in [6, 6.07) is 0.155. The van der Waals surface area contributed by atoms with Gasteiger partial charge in [-0.05, 0) is 58.0 Å². The zero-order valence-corrected chi connectivity index (χ0v) is 14.4. The van der Waals surface area contributed by atoms with Crippen molar-refractivity contribution in [1.82, 2.24) is 13.9 Å². The van der Waals surface area contributed by atoms with Gasteiger partial charge in [0.25, 0.3) is 10.2 Å². The highest BCUT2D eigenvalue weighted by atomic mass is 32.2. The van der Waals surface area contributed by atoms with Crippen LogP contribution >= 0.6 is 0 Å². The lowest BCUT2D eigenvalue weighted by atomic mass is 10.00. The summed E-state index contributed by atoms with van der Waals surface area (Å²) in [6.45, 7) is 8.22. The highest BCUT2D eigenvalue weighted by Crippen LogP contribution is 2.26. The molecule has 2 aliphatic rings. The van der Waals surface area contributed by atoms with Crippen LogP contribution in [0.5, 0.6) is 0 Å². The van der Waals surface area contributed by atoms with Crippen molar-refractivity contribution in [3.63, 3.8) is 0 Å². The minimum atomic E-state index is -3.26. The maximum absolute atomic E-state index is 12.9. The van der Waals surface area contributed by atoms with Gasteiger partial charge >= 0.3 is 0 Å². The van der Waals surface area contributed by atoms with Crippen LogP contribution < -0.4 is 5.32 Å². The van der Waals surface area contributed by atoms with Gasteiger partial charge in [0.05, 0.1) is 0 Å². The fourth-order valence-electron chi connectivity index (χ4n) is 3.45. The van der Waals surface area contributed by atoms with Gasteiger partial charge in [-0.1, -0.05) is 13.3 Å². The summed E-state index contributed by atoms with van der Waals surface area (Å²) in [6.07, 6.45) is 6.39. The summed E-state index contributed by atoms with van der Waals surface area (Å²) in [5.41, 5.74) is 0. The molecule has 124 valence electrons. The molecule has 6 heteroatoms. The van der Waals surface area contributed by atoms with E-state index in [4.69, 9.17) is 0 Å². The first-order chi connectivity index (χ1) is 10.1. The molecule has 0 aromatic heterocycles. The summed E-state index contributed by atoms with van der Waals surface area (Å²) in [4.78, 5) is 0. The molecule has 0 aromatic carbocycles. The number of hydrogen-bond acceptors (Lipinski definition) is 3. The summed E-state index contributed by atoms with van der Waals surface area (Å²) in [5.74, 6) is 0.458. The molecule has 2 unspecified atom stereocenters. The van der Waals surface area contributed by atoms with E-state index in [0.717, 1.165) is 51.6 Å². The molecule has 0 amide bonds. The van der Waals surface area contributed by atoms with E-state index in [2.05, 4.69) is 12.2 Å². The van der Waals surface area contributed by atoms with Crippen LogP contribution in [-0.4, -0.2) is 55.8 Å². The van der Waals surface area contributed by atoms with Crippen LogP contribution in [0, 0.1) is 5.92 Å². The predicted octanol–water partition coefficient (Wildman–Crippen LogP) is 1.82. The lowest BCUT2D eigenvalue weighted by Crippen LogP contribution is -2.53. The Bertz CT molecular complexity index is 413. The third kappa shape index (κ3) is 4.41. The smallest absolute Gasteiger partial charge is 0.282 e. The molecule has 2 aliphatic heterocycles. The van der Waals surface area contributed by atoms with Crippen LogP contribution in [0.1, 0.15) is 52.4 Å². The van der Waals surface area contributed by atoms with Crippen molar-refractivity contribution in [2.24, 2.45) is 5.92 Å². The van der Waals surface area contributed by atoms with Crippen LogP contribution in [0.2, 0.25) is 0 Å². The first-order valence-corrected chi connectivity index (χ1v) is 9.93. The summed E-state index contributed by atoms with van der Waals surface area (Å²) in [7, 11) is -3.26. The van der Waals surface area contributed by atoms with E-state index in [1.54, 1.807) is 8.61 Å². The highest BCUT2D eigenvalue weighted by molar-refractivity contribution is 7.86. The van der Waals surface area contributed by atoms with Crippen LogP contribution in [0.25, 0.3) is 0 Å². The van der Waals surface area contributed by atoms with Gasteiger partial charge in [0, 0.05) is 25.7 Å². The molecule has 2 rings (SSSR count). The van der Waals surface area contributed by atoms with Crippen molar-refractivity contribution >= 4 is 10.2 Å². The number of hydrogen-bond donors (Lipinski definition) is 1. The SMILES string of the molecule is CCCNCC1CCCN(S(=O)(=O)N2CCCCC2C)C1. The van der Waals surface area contributed by atoms with Crippen molar-refractivity contribution < 1.29 is 8.42 Å². The molecule has 2 saturated heterocycles. The van der Waals surface area contributed by atoms with Gasteiger partial charge < -0.3 is 5.32 Å². The molecule has 1 N–H and O–H groups in total. The van der Waals surface area contributed by atoms with Gasteiger partial charge in [-0.25, -0.2) is 0 Å². The zero-order chi connectivity index (χ0) is 15.3. The maximum atomic E-state index is 12.9. The van der Waals surface area contributed by atoms with Crippen LogP contribution in [0.3, 0.4) is 0 Å². The van der Waals surface area contributed by atoms with Crippen LogP contribution in [-0.2, 0) is 10.2 Å². The van der Waals surface area contributed by atoms with Gasteiger partial charge in [-0.15, -0.1) is 0 Å². The van der Waals surface area contributed by atoms with Crippen molar-refractivity contribution in [2.45, 2.75) is 58.4 Å². The Balaban J connectivity index is 1.95. The van der Waals surface area contributed by atoms with Gasteiger partial charge in [0.1, 0.15) is 0 Å². The third-order valence-electron chi connectivity index (χ3n) is 4.71. The highest BCUT2D eigenvalue weighted by Gasteiger charge is 2.36. The third-order valence-corrected chi connectivity index (χ3v) is 6.83. The molecule has 0 saturated carbocycles. The second kappa shape index (κ2) is 7.90. The number of nitrogens with one attached hydrogen (secondary N) is 1. The molecule has 0 spiro atoms. The average Bonchev–Trinajstić information content (AvgIpc) is 2.48. The standard InChI is InChI=1S/C15H31N3O2S/c1-3-9-16-12-15-8-6-10-17(13-15)21(19,20)18-11-5-4-7-14(18)2/h14-16H,3-13H2,1-2H3. The first-order valence-electron chi connectivity index (χ1n) is 8.53. The van der Waals surface area contributed by atoms with E-state index in [0.29, 0.717) is 25.6 Å². The lowest BCUT2D eigenvalue weighted by Gasteiger charge is -2.39. The molecule has 2 atom stereocenters. The fourth-order valence-corrected chi connectivity index (χ4v) is 5.42. The minimum absolute atomic E-state index is 0.155. The van der Waals surface area contributed by atoms with Crippen LogP contribution in [0.15, 0.2) is 0 Å². The summed E-state index contributed by atoms with van der Waals surface area (Å²) in [5, 5.41) is 3.43. The Hall–Kier alpha value is -0.170. The monoisotopic (exact) mass is 317 g/mol. The minimum Gasteiger partial charge on any atom is -0.316 e. The Morgan fingerprint density at radius 2 is 1.95 bits per heavy atom. The van der Waals surface area contributed by atoms with Crippen LogP contribution in [0.4, 0.5) is 0 Å². The largest absolute Gasteiger partial charge is 0.316 e. The molecular formula is C15H31N3O2S. The topological polar surface area (TPSA) is 52.7 Å². The fraction of sp³-hybridized carbons (Fsp3) is 1.00. The molecule has 2 heterocycles. The molecule has 5 nitrogen and oxygen atoms in total. The van der Waals surface area contributed by atoms with E-state index in [9.17, 15) is 8.42 Å². The van der Waals surface area contributed by atoms with E-state index < -0.39 is 10.2 Å². The van der Waals surface area contributed by atoms with E-state index >= 15 is 0 Å². The predicted molar refractivity (Wildman–Crippen MR) is 86.4 cm³/mol. The van der Waals surface area contributed by atoms with Gasteiger partial charge in [0.2, 0.25) is 0 Å². The molecule has 2 fully saturated rings. The van der Waals surface area contributed by atoms with E-state index in [1.165, 1.54) is 0 Å². The second-order valence-electron chi connectivity index (χ2n) is 6.53. The molecular weight excluding hydrogens is 286 g/mol. The zero-order valence-electron chi connectivity index (χ0n) is 13.6. The molecule has 0 bridgehead atoms. The quantitative estimate of drug-likeness (QED) is 0.760. The van der Waals surface area contributed by atoms with E-state index in [1.807, 2.05) is 6.92 Å². The average molecular weight is 317 g/mol. The van der Waals surface area contributed by atoms with Crippen molar-refractivity contribution in [3.8, 4) is 0 Å². The van der Waals surface area contributed by atoms with Gasteiger partial charge in [-0.3, -0.25) is 0 Å². The summed E-state index contributed by atoms with van der Waals surface area (Å²) >= 11 is 0.